The van der Waals surface area contributed by atoms with Crippen molar-refractivity contribution in [1.29, 1.82) is 0 Å². The summed E-state index contributed by atoms with van der Waals surface area (Å²) in [4.78, 5) is 23.9. The van der Waals surface area contributed by atoms with E-state index in [1.54, 1.807) is 48.5 Å². The number of carboxylic acid groups (broad SMARTS) is 1. The second-order valence-corrected chi connectivity index (χ2v) is 11.7. The Hall–Kier alpha value is -4.51. The van der Waals surface area contributed by atoms with Crippen LogP contribution in [0.2, 0.25) is 0 Å². The van der Waals surface area contributed by atoms with Gasteiger partial charge in [0.1, 0.15) is 0 Å². The summed E-state index contributed by atoms with van der Waals surface area (Å²) in [6.07, 6.45) is 3.90. The zero-order valence-electron chi connectivity index (χ0n) is 21.5. The van der Waals surface area contributed by atoms with Crippen molar-refractivity contribution in [2.75, 3.05) is 10.6 Å². The molecule has 1 amide bonds. The second-order valence-electron chi connectivity index (χ2n) is 9.74. The number of hydrogen-bond donors (Lipinski definition) is 3. The van der Waals surface area contributed by atoms with E-state index < -0.39 is 21.7 Å². The Morgan fingerprint density at radius 2 is 1.55 bits per heavy atom. The highest BCUT2D eigenvalue weighted by Gasteiger charge is 2.25. The van der Waals surface area contributed by atoms with Crippen molar-refractivity contribution < 1.29 is 27.5 Å². The number of carboxylic acids is 1. The Balaban J connectivity index is 1.22. The molecule has 206 valence electrons. The Morgan fingerprint density at radius 3 is 2.25 bits per heavy atom. The normalized spacial score (nSPS) is 17.2. The molecular formula is C29H28N4O6S. The Bertz CT molecular complexity index is 1600. The van der Waals surface area contributed by atoms with E-state index in [-0.39, 0.29) is 39.7 Å². The predicted molar refractivity (Wildman–Crippen MR) is 147 cm³/mol. The van der Waals surface area contributed by atoms with Crippen LogP contribution in [0.4, 0.5) is 17.4 Å². The quantitative estimate of drug-likeness (QED) is 0.236. The van der Waals surface area contributed by atoms with Crippen LogP contribution in [0.3, 0.4) is 0 Å². The molecule has 10 nitrogen and oxygen atoms in total. The lowest BCUT2D eigenvalue weighted by Gasteiger charge is -2.28. The average Bonchev–Trinajstić information content (AvgIpc) is 3.43. The molecule has 1 heterocycles. The van der Waals surface area contributed by atoms with Crippen molar-refractivity contribution in [3.8, 4) is 0 Å². The molecular weight excluding hydrogens is 532 g/mol. The van der Waals surface area contributed by atoms with Crippen LogP contribution in [-0.4, -0.2) is 35.6 Å². The van der Waals surface area contributed by atoms with Gasteiger partial charge in [-0.3, -0.25) is 9.59 Å². The standard InChI is InChI=1S/C29H28N4O6S/c34-26(35)18-19-10-12-20(13-11-19)21-14-16-22(17-15-21)30-27(36)28-32-33-29(39-28)31-24-8-4-5-9-25(24)40(37,38)23-6-2-1-3-7-23/h1-9,14-17,19-20H,10-13,18H2,(H,30,36)(H,31,33)(H,34,35). The van der Waals surface area contributed by atoms with E-state index in [9.17, 15) is 18.0 Å². The second kappa shape index (κ2) is 11.7. The maximum absolute atomic E-state index is 13.1. The van der Waals surface area contributed by atoms with Gasteiger partial charge in [0.15, 0.2) is 0 Å². The van der Waals surface area contributed by atoms with Gasteiger partial charge in [-0.25, -0.2) is 8.42 Å². The molecule has 40 heavy (non-hydrogen) atoms. The van der Waals surface area contributed by atoms with Gasteiger partial charge in [-0.05, 0) is 79.5 Å². The number of carbonyl (C=O) groups excluding carboxylic acids is 1. The summed E-state index contributed by atoms with van der Waals surface area (Å²) in [5.74, 6) is -1.02. The molecule has 0 spiro atoms. The van der Waals surface area contributed by atoms with Gasteiger partial charge >= 0.3 is 23.8 Å². The number of aromatic nitrogens is 2. The first-order chi connectivity index (χ1) is 19.3. The Labute approximate surface area is 231 Å². The summed E-state index contributed by atoms with van der Waals surface area (Å²) in [6, 6.07) is 21.8. The number of aliphatic carboxylic acids is 1. The third-order valence-corrected chi connectivity index (χ3v) is 8.87. The maximum atomic E-state index is 13.1. The number of amides is 1. The van der Waals surface area contributed by atoms with Crippen molar-refractivity contribution >= 4 is 39.1 Å². The van der Waals surface area contributed by atoms with E-state index in [1.807, 2.05) is 12.1 Å². The number of sulfone groups is 1. The summed E-state index contributed by atoms with van der Waals surface area (Å²) < 4.78 is 31.8. The highest BCUT2D eigenvalue weighted by atomic mass is 32.2. The first kappa shape index (κ1) is 27.1. The van der Waals surface area contributed by atoms with Crippen LogP contribution >= 0.6 is 0 Å². The molecule has 1 aromatic heterocycles. The van der Waals surface area contributed by atoms with Gasteiger partial charge in [0, 0.05) is 12.1 Å². The number of nitrogens with zero attached hydrogens (tertiary/aromatic N) is 2. The molecule has 0 atom stereocenters. The van der Waals surface area contributed by atoms with E-state index >= 15 is 0 Å². The number of rotatable bonds is 9. The number of anilines is 3. The molecule has 0 saturated heterocycles. The summed E-state index contributed by atoms with van der Waals surface area (Å²) >= 11 is 0. The molecule has 5 rings (SSSR count). The first-order valence-electron chi connectivity index (χ1n) is 12.9. The van der Waals surface area contributed by atoms with Gasteiger partial charge in [0.25, 0.3) is 0 Å². The van der Waals surface area contributed by atoms with Gasteiger partial charge in [0.2, 0.25) is 9.84 Å². The molecule has 3 aromatic carbocycles. The molecule has 4 aromatic rings. The fourth-order valence-corrected chi connectivity index (χ4v) is 6.42. The third-order valence-electron chi connectivity index (χ3n) is 7.04. The SMILES string of the molecule is O=C(O)CC1CCC(c2ccc(NC(=O)c3nnc(Nc4ccccc4S(=O)(=O)c4ccccc4)o3)cc2)CC1. The minimum atomic E-state index is -3.81. The van der Waals surface area contributed by atoms with Gasteiger partial charge < -0.3 is 20.2 Å². The van der Waals surface area contributed by atoms with Crippen molar-refractivity contribution in [2.24, 2.45) is 5.92 Å². The molecule has 0 radical (unpaired) electrons. The Kier molecular flexibility index (Phi) is 7.92. The fraction of sp³-hybridized carbons (Fsp3) is 0.241. The average molecular weight is 561 g/mol. The van der Waals surface area contributed by atoms with Crippen LogP contribution in [0.15, 0.2) is 93.1 Å². The zero-order chi connectivity index (χ0) is 28.1. The van der Waals surface area contributed by atoms with E-state index in [0.29, 0.717) is 11.6 Å². The molecule has 1 fully saturated rings. The van der Waals surface area contributed by atoms with Crippen LogP contribution in [0.25, 0.3) is 0 Å². The van der Waals surface area contributed by atoms with Crippen molar-refractivity contribution in [3.63, 3.8) is 0 Å². The molecule has 1 aliphatic carbocycles. The number of hydrogen-bond acceptors (Lipinski definition) is 8. The van der Waals surface area contributed by atoms with Crippen LogP contribution < -0.4 is 10.6 Å². The van der Waals surface area contributed by atoms with Crippen molar-refractivity contribution in [1.82, 2.24) is 10.2 Å². The highest BCUT2D eigenvalue weighted by molar-refractivity contribution is 7.91. The third kappa shape index (κ3) is 6.20. The van der Waals surface area contributed by atoms with E-state index in [1.165, 1.54) is 18.2 Å². The molecule has 1 aliphatic rings. The van der Waals surface area contributed by atoms with Gasteiger partial charge in [-0.15, -0.1) is 5.10 Å². The molecule has 0 unspecified atom stereocenters. The fourth-order valence-electron chi connectivity index (χ4n) is 4.98. The lowest BCUT2D eigenvalue weighted by atomic mass is 9.77. The predicted octanol–water partition coefficient (Wildman–Crippen LogP) is 5.65. The smallest absolute Gasteiger partial charge is 0.320 e. The minimum Gasteiger partial charge on any atom is -0.481 e. The molecule has 1 saturated carbocycles. The van der Waals surface area contributed by atoms with Crippen LogP contribution in [-0.2, 0) is 14.6 Å². The van der Waals surface area contributed by atoms with Crippen LogP contribution in [0.1, 0.15) is 54.3 Å². The Morgan fingerprint density at radius 1 is 0.875 bits per heavy atom. The zero-order valence-corrected chi connectivity index (χ0v) is 22.3. The van der Waals surface area contributed by atoms with Gasteiger partial charge in [0.05, 0.1) is 15.5 Å². The van der Waals surface area contributed by atoms with Gasteiger partial charge in [-0.1, -0.05) is 47.6 Å². The van der Waals surface area contributed by atoms with Crippen LogP contribution in [0, 0.1) is 5.92 Å². The van der Waals surface area contributed by atoms with Gasteiger partial charge in [-0.2, -0.15) is 0 Å². The van der Waals surface area contributed by atoms with E-state index in [2.05, 4.69) is 20.8 Å². The monoisotopic (exact) mass is 560 g/mol. The largest absolute Gasteiger partial charge is 0.481 e. The summed E-state index contributed by atoms with van der Waals surface area (Å²) in [7, 11) is -3.81. The minimum absolute atomic E-state index is 0.0286. The number of nitrogens with one attached hydrogen (secondary N) is 2. The van der Waals surface area contributed by atoms with E-state index in [0.717, 1.165) is 31.2 Å². The van der Waals surface area contributed by atoms with Crippen molar-refractivity contribution in [3.05, 3.63) is 90.3 Å². The maximum Gasteiger partial charge on any atom is 0.320 e. The number of carbonyl (C=O) groups is 2. The summed E-state index contributed by atoms with van der Waals surface area (Å²) in [5.41, 5.74) is 1.94. The molecule has 11 heteroatoms. The topological polar surface area (TPSA) is 151 Å². The highest BCUT2D eigenvalue weighted by Crippen LogP contribution is 2.37. The lowest BCUT2D eigenvalue weighted by molar-refractivity contribution is -0.138. The van der Waals surface area contributed by atoms with E-state index in [4.69, 9.17) is 9.52 Å². The number of benzene rings is 3. The first-order valence-corrected chi connectivity index (χ1v) is 14.4. The lowest BCUT2D eigenvalue weighted by Crippen LogP contribution is -2.16. The number of para-hydroxylation sites is 1. The summed E-state index contributed by atoms with van der Waals surface area (Å²) in [5, 5.41) is 22.2. The molecule has 0 bridgehead atoms. The van der Waals surface area contributed by atoms with Crippen molar-refractivity contribution in [2.45, 2.75) is 47.8 Å². The molecule has 0 aliphatic heterocycles. The summed E-state index contributed by atoms with van der Waals surface area (Å²) in [6.45, 7) is 0. The molecule has 3 N–H and O–H groups in total. The van der Waals surface area contributed by atoms with Crippen LogP contribution in [0.5, 0.6) is 0 Å².